The number of carbonyl (C=O) groups is 5. The standard InChI is InChI=1S/2C17H17NO2.C17H15NO2.2C16H16N2O2/c3*1-11-6-8-12(9-7-11)15-10-13-4-3-5-14(16(13)18-15)17(19)20-2;2*1-10-5-7-11(8-6-10)14-9-12-3-2-4-13(15(12)17-14)16(19)18-20/h2*3-9,15,18H,10H2,1-2H3;3-10,18H,1-2H3;2*2-8,14,17,20H,9H2,1H3,(H,18,19)/t2*15-;;2*14-/m10.10/s1. The SMILES string of the molecule is COC(=O)c1cccc2c1N[C@@H](c1ccc(C)cc1)C2.COC(=O)c1cccc2c1N[C@H](c1ccc(C)cc1)C2.COC(=O)c1cccc2cc(-c3ccc(C)cc3)[nH]c12.Cc1ccc([C@@H]2Cc3cccc(C(=O)NO)c3N2)cc1.Cc1ccc([C@H]2Cc3cccc(C(=O)NO)c3N2)cc1. The van der Waals surface area contributed by atoms with Crippen molar-refractivity contribution in [1.29, 1.82) is 0 Å². The van der Waals surface area contributed by atoms with Crippen molar-refractivity contribution in [3.8, 4) is 11.3 Å². The molecular weight excluding hydrogens is 1250 g/mol. The van der Waals surface area contributed by atoms with E-state index in [0.717, 1.165) is 81.7 Å². The Balaban J connectivity index is 0.000000126. The molecular formula is C83H81N7O10. The second-order valence-corrected chi connectivity index (χ2v) is 25.3. The number of fused-ring (bicyclic) bond motifs is 5. The molecule has 11 aromatic rings. The largest absolute Gasteiger partial charge is 0.465 e. The fraction of sp³-hybridized carbons (Fsp3) is 0.193. The third-order valence-corrected chi connectivity index (χ3v) is 18.4. The fourth-order valence-electron chi connectivity index (χ4n) is 12.9. The van der Waals surface area contributed by atoms with Gasteiger partial charge in [-0.2, -0.15) is 0 Å². The molecule has 17 nitrogen and oxygen atoms in total. The summed E-state index contributed by atoms with van der Waals surface area (Å²) in [5, 5.41) is 32.3. The van der Waals surface area contributed by atoms with Crippen LogP contribution in [-0.4, -0.2) is 66.5 Å². The van der Waals surface area contributed by atoms with E-state index in [9.17, 15) is 24.0 Å². The van der Waals surface area contributed by atoms with Gasteiger partial charge >= 0.3 is 17.9 Å². The van der Waals surface area contributed by atoms with Gasteiger partial charge in [-0.3, -0.25) is 20.0 Å². The molecule has 9 N–H and O–H groups in total. The molecule has 4 atom stereocenters. The van der Waals surface area contributed by atoms with Crippen molar-refractivity contribution < 1.29 is 48.6 Å². The number of methoxy groups -OCH3 is 3. The van der Waals surface area contributed by atoms with Gasteiger partial charge in [0, 0.05) is 11.1 Å². The molecule has 0 saturated carbocycles. The lowest BCUT2D eigenvalue weighted by Crippen LogP contribution is -2.20. The summed E-state index contributed by atoms with van der Waals surface area (Å²) >= 11 is 0. The quantitative estimate of drug-likeness (QED) is 0.0268. The lowest BCUT2D eigenvalue weighted by molar-refractivity contribution is 0.0593. The number of benzene rings is 10. The highest BCUT2D eigenvalue weighted by molar-refractivity contribution is 6.05. The number of hydrogen-bond acceptors (Lipinski definition) is 14. The van der Waals surface area contributed by atoms with Gasteiger partial charge in [0.2, 0.25) is 0 Å². The third-order valence-electron chi connectivity index (χ3n) is 18.4. The minimum atomic E-state index is -0.487. The van der Waals surface area contributed by atoms with E-state index in [1.807, 2.05) is 54.6 Å². The first-order chi connectivity index (χ1) is 48.4. The molecule has 10 aromatic carbocycles. The Morgan fingerprint density at radius 3 is 0.930 bits per heavy atom. The van der Waals surface area contributed by atoms with Crippen LogP contribution in [0.3, 0.4) is 0 Å². The van der Waals surface area contributed by atoms with Gasteiger partial charge in [0.1, 0.15) is 0 Å². The van der Waals surface area contributed by atoms with E-state index in [0.29, 0.717) is 27.8 Å². The number of aromatic nitrogens is 1. The van der Waals surface area contributed by atoms with E-state index < -0.39 is 11.8 Å². The topological polar surface area (TPSA) is 241 Å². The highest BCUT2D eigenvalue weighted by Crippen LogP contribution is 2.41. The molecule has 2 amide bonds. The molecule has 1 aromatic heterocycles. The maximum atomic E-state index is 11.8. The van der Waals surface area contributed by atoms with Gasteiger partial charge in [-0.15, -0.1) is 0 Å². The highest BCUT2D eigenvalue weighted by atomic mass is 16.5. The Morgan fingerprint density at radius 1 is 0.350 bits per heavy atom. The van der Waals surface area contributed by atoms with Gasteiger partial charge in [-0.25, -0.2) is 25.3 Å². The normalized spacial score (nSPS) is 15.3. The van der Waals surface area contributed by atoms with Crippen LogP contribution in [0.4, 0.5) is 22.7 Å². The molecule has 0 unspecified atom stereocenters. The number of rotatable bonds is 10. The molecule has 508 valence electrons. The van der Waals surface area contributed by atoms with Crippen LogP contribution in [-0.2, 0) is 39.9 Å². The minimum absolute atomic E-state index is 0.165. The van der Waals surface area contributed by atoms with Crippen molar-refractivity contribution in [3.05, 3.63) is 319 Å². The number of aromatic amines is 1. The molecule has 100 heavy (non-hydrogen) atoms. The average Bonchev–Trinajstić information content (AvgIpc) is 1.68. The number of H-pyrrole nitrogens is 1. The first-order valence-electron chi connectivity index (χ1n) is 33.1. The molecule has 0 bridgehead atoms. The summed E-state index contributed by atoms with van der Waals surface area (Å²) in [6, 6.07) is 73.1. The Kier molecular flexibility index (Phi) is 22.0. The van der Waals surface area contributed by atoms with Crippen LogP contribution in [0.1, 0.15) is 148 Å². The van der Waals surface area contributed by atoms with Crippen LogP contribution < -0.4 is 32.2 Å². The van der Waals surface area contributed by atoms with E-state index in [-0.39, 0.29) is 42.1 Å². The van der Waals surface area contributed by atoms with Crippen molar-refractivity contribution in [3.63, 3.8) is 0 Å². The van der Waals surface area contributed by atoms with Gasteiger partial charge in [-0.1, -0.05) is 210 Å². The number of esters is 3. The smallest absolute Gasteiger partial charge is 0.339 e. The Morgan fingerprint density at radius 2 is 0.620 bits per heavy atom. The third kappa shape index (κ3) is 15.9. The van der Waals surface area contributed by atoms with Gasteiger partial charge in [-0.05, 0) is 147 Å². The van der Waals surface area contributed by atoms with Crippen LogP contribution in [0.5, 0.6) is 0 Å². The molecule has 0 radical (unpaired) electrons. The monoisotopic (exact) mass is 1340 g/mol. The number of amides is 2. The van der Waals surface area contributed by atoms with Crippen LogP contribution in [0.15, 0.2) is 218 Å². The van der Waals surface area contributed by atoms with Crippen molar-refractivity contribution in [1.82, 2.24) is 15.9 Å². The van der Waals surface area contributed by atoms with E-state index in [4.69, 9.17) is 24.6 Å². The van der Waals surface area contributed by atoms with Crippen LogP contribution in [0.25, 0.3) is 22.2 Å². The molecule has 17 heteroatoms. The zero-order valence-electron chi connectivity index (χ0n) is 57.1. The summed E-state index contributed by atoms with van der Waals surface area (Å²) < 4.78 is 14.5. The van der Waals surface area contributed by atoms with Crippen LogP contribution >= 0.6 is 0 Å². The lowest BCUT2D eigenvalue weighted by atomic mass is 10.0. The average molecular weight is 1340 g/mol. The number of aryl methyl sites for hydroxylation is 5. The van der Waals surface area contributed by atoms with Crippen molar-refractivity contribution >= 4 is 63.4 Å². The number of nitrogens with one attached hydrogen (secondary N) is 7. The predicted octanol–water partition coefficient (Wildman–Crippen LogP) is 16.6. The number of para-hydroxylation sites is 5. The number of ether oxygens (including phenoxy) is 3. The predicted molar refractivity (Wildman–Crippen MR) is 392 cm³/mol. The Labute approximate surface area is 581 Å². The second-order valence-electron chi connectivity index (χ2n) is 25.3. The Hall–Kier alpha value is -11.8. The molecule has 0 saturated heterocycles. The van der Waals surface area contributed by atoms with Gasteiger partial charge in [0.25, 0.3) is 11.8 Å². The van der Waals surface area contributed by atoms with E-state index in [1.165, 1.54) is 82.5 Å². The first-order valence-corrected chi connectivity index (χ1v) is 33.1. The van der Waals surface area contributed by atoms with E-state index in [1.54, 1.807) is 41.3 Å². The number of anilines is 4. The summed E-state index contributed by atoms with van der Waals surface area (Å²) in [6.45, 7) is 10.3. The fourth-order valence-corrected chi connectivity index (χ4v) is 12.9. The zero-order chi connectivity index (χ0) is 70.6. The van der Waals surface area contributed by atoms with Gasteiger partial charge in [0.15, 0.2) is 0 Å². The number of hydroxylamine groups is 2. The van der Waals surface area contributed by atoms with Crippen LogP contribution in [0, 0.1) is 34.6 Å². The van der Waals surface area contributed by atoms with E-state index >= 15 is 0 Å². The number of hydrogen-bond donors (Lipinski definition) is 9. The van der Waals surface area contributed by atoms with Gasteiger partial charge < -0.3 is 40.5 Å². The summed E-state index contributed by atoms with van der Waals surface area (Å²) in [7, 11) is 4.22. The molecule has 0 spiro atoms. The maximum Gasteiger partial charge on any atom is 0.339 e. The minimum Gasteiger partial charge on any atom is -0.465 e. The molecule has 4 aliphatic heterocycles. The molecule has 0 aliphatic carbocycles. The highest BCUT2D eigenvalue weighted by Gasteiger charge is 2.30. The van der Waals surface area contributed by atoms with Crippen molar-refractivity contribution in [2.24, 2.45) is 0 Å². The zero-order valence-corrected chi connectivity index (χ0v) is 57.1. The molecule has 15 rings (SSSR count). The molecule has 5 heterocycles. The van der Waals surface area contributed by atoms with Crippen LogP contribution in [0.2, 0.25) is 0 Å². The first kappa shape index (κ1) is 69.6. The summed E-state index contributed by atoms with van der Waals surface area (Å²) in [5.74, 6) is -1.89. The summed E-state index contributed by atoms with van der Waals surface area (Å²) in [5.41, 5.74) is 28.0. The molecule has 0 fully saturated rings. The summed E-state index contributed by atoms with van der Waals surface area (Å²) in [6.07, 6.45) is 3.46. The number of carbonyl (C=O) groups excluding carboxylic acids is 5. The second kappa shape index (κ2) is 31.6. The van der Waals surface area contributed by atoms with Crippen molar-refractivity contribution in [2.75, 3.05) is 42.6 Å². The van der Waals surface area contributed by atoms with E-state index in [2.05, 4.69) is 194 Å². The maximum absolute atomic E-state index is 11.8. The van der Waals surface area contributed by atoms with Crippen molar-refractivity contribution in [2.45, 2.75) is 84.5 Å². The lowest BCUT2D eigenvalue weighted by Gasteiger charge is -2.13. The summed E-state index contributed by atoms with van der Waals surface area (Å²) in [4.78, 5) is 62.0. The van der Waals surface area contributed by atoms with Gasteiger partial charge in [0.05, 0.1) is 102 Å². The Bertz CT molecular complexity index is 4290. The molecule has 4 aliphatic rings.